The van der Waals surface area contributed by atoms with Crippen LogP contribution >= 0.6 is 0 Å². The quantitative estimate of drug-likeness (QED) is 0.867. The van der Waals surface area contributed by atoms with E-state index in [4.69, 9.17) is 4.74 Å². The van der Waals surface area contributed by atoms with Crippen molar-refractivity contribution in [3.05, 3.63) is 17.7 Å². The van der Waals surface area contributed by atoms with Crippen LogP contribution in [0.5, 0.6) is 0 Å². The van der Waals surface area contributed by atoms with Gasteiger partial charge in [-0.1, -0.05) is 13.8 Å². The zero-order valence-electron chi connectivity index (χ0n) is 13.2. The summed E-state index contributed by atoms with van der Waals surface area (Å²) in [5.41, 5.74) is 0.760. The standard InChI is InChI=1S/C15H24N4O2/c1-10(2)13-17-8-11(16-4)12(19-13)14(20)18-9-15(3)6-5-7-21-15/h8,10,16H,5-7,9H2,1-4H3,(H,18,20). The van der Waals surface area contributed by atoms with Crippen molar-refractivity contribution < 1.29 is 9.53 Å². The minimum Gasteiger partial charge on any atom is -0.385 e. The fraction of sp³-hybridized carbons (Fsp3) is 0.667. The zero-order valence-corrected chi connectivity index (χ0v) is 13.2. The maximum absolute atomic E-state index is 12.4. The number of hydrogen-bond acceptors (Lipinski definition) is 5. The topological polar surface area (TPSA) is 76.1 Å². The third kappa shape index (κ3) is 3.69. The van der Waals surface area contributed by atoms with E-state index >= 15 is 0 Å². The first-order valence-electron chi connectivity index (χ1n) is 7.42. The van der Waals surface area contributed by atoms with E-state index in [1.807, 2.05) is 20.8 Å². The van der Waals surface area contributed by atoms with Gasteiger partial charge in [0.1, 0.15) is 5.82 Å². The Morgan fingerprint density at radius 2 is 2.29 bits per heavy atom. The van der Waals surface area contributed by atoms with Gasteiger partial charge in [0.2, 0.25) is 0 Å². The van der Waals surface area contributed by atoms with Crippen molar-refractivity contribution in [3.8, 4) is 0 Å². The SMILES string of the molecule is CNc1cnc(C(C)C)nc1C(=O)NCC1(C)CCCO1. The van der Waals surface area contributed by atoms with Crippen LogP contribution in [-0.4, -0.2) is 41.7 Å². The molecule has 1 aromatic rings. The number of carbonyl (C=O) groups excluding carboxylic acids is 1. The predicted molar refractivity (Wildman–Crippen MR) is 81.6 cm³/mol. The molecule has 1 aliphatic heterocycles. The highest BCUT2D eigenvalue weighted by atomic mass is 16.5. The van der Waals surface area contributed by atoms with Crippen molar-refractivity contribution in [2.24, 2.45) is 0 Å². The summed E-state index contributed by atoms with van der Waals surface area (Å²) in [6.07, 6.45) is 3.66. The lowest BCUT2D eigenvalue weighted by atomic mass is 10.0. The largest absolute Gasteiger partial charge is 0.385 e. The summed E-state index contributed by atoms with van der Waals surface area (Å²) < 4.78 is 5.68. The summed E-state index contributed by atoms with van der Waals surface area (Å²) in [7, 11) is 1.76. The molecule has 6 heteroatoms. The Labute approximate surface area is 125 Å². The highest BCUT2D eigenvalue weighted by Crippen LogP contribution is 2.24. The Kier molecular flexibility index (Phi) is 4.77. The lowest BCUT2D eigenvalue weighted by Gasteiger charge is -2.23. The molecule has 0 radical (unpaired) electrons. The van der Waals surface area contributed by atoms with Gasteiger partial charge in [-0.3, -0.25) is 4.79 Å². The molecule has 1 saturated heterocycles. The second-order valence-electron chi connectivity index (χ2n) is 5.98. The highest BCUT2D eigenvalue weighted by Gasteiger charge is 2.30. The lowest BCUT2D eigenvalue weighted by molar-refractivity contribution is 0.0205. The van der Waals surface area contributed by atoms with Gasteiger partial charge in [-0.2, -0.15) is 0 Å². The van der Waals surface area contributed by atoms with E-state index in [2.05, 4.69) is 20.6 Å². The molecule has 1 amide bonds. The molecule has 1 aliphatic rings. The average Bonchev–Trinajstić information content (AvgIpc) is 2.91. The van der Waals surface area contributed by atoms with Crippen molar-refractivity contribution in [2.45, 2.75) is 45.1 Å². The van der Waals surface area contributed by atoms with Crippen molar-refractivity contribution in [3.63, 3.8) is 0 Å². The summed E-state index contributed by atoms with van der Waals surface area (Å²) in [6, 6.07) is 0. The fourth-order valence-electron chi connectivity index (χ4n) is 2.36. The molecule has 2 rings (SSSR count). The van der Waals surface area contributed by atoms with E-state index in [1.54, 1.807) is 13.2 Å². The van der Waals surface area contributed by atoms with Gasteiger partial charge in [0.15, 0.2) is 5.69 Å². The van der Waals surface area contributed by atoms with E-state index in [0.29, 0.717) is 23.8 Å². The summed E-state index contributed by atoms with van der Waals surface area (Å²) in [5, 5.41) is 5.89. The second-order valence-corrected chi connectivity index (χ2v) is 5.98. The van der Waals surface area contributed by atoms with Crippen molar-refractivity contribution in [2.75, 3.05) is 25.5 Å². The van der Waals surface area contributed by atoms with Crippen LogP contribution < -0.4 is 10.6 Å². The predicted octanol–water partition coefficient (Wildman–Crippen LogP) is 1.94. The first kappa shape index (κ1) is 15.7. The third-order valence-electron chi connectivity index (χ3n) is 3.73. The van der Waals surface area contributed by atoms with Crippen LogP contribution in [0.2, 0.25) is 0 Å². The Morgan fingerprint density at radius 3 is 2.86 bits per heavy atom. The van der Waals surface area contributed by atoms with Gasteiger partial charge in [0.05, 0.1) is 17.5 Å². The van der Waals surface area contributed by atoms with E-state index in [-0.39, 0.29) is 17.4 Å². The number of aromatic nitrogens is 2. The van der Waals surface area contributed by atoms with Crippen molar-refractivity contribution in [1.29, 1.82) is 0 Å². The van der Waals surface area contributed by atoms with Gasteiger partial charge in [-0.15, -0.1) is 0 Å². The van der Waals surface area contributed by atoms with Gasteiger partial charge >= 0.3 is 0 Å². The normalized spacial score (nSPS) is 21.6. The molecule has 1 fully saturated rings. The van der Waals surface area contributed by atoms with Gasteiger partial charge in [0, 0.05) is 26.1 Å². The highest BCUT2D eigenvalue weighted by molar-refractivity contribution is 5.97. The number of anilines is 1. The van der Waals surface area contributed by atoms with Crippen LogP contribution in [0.15, 0.2) is 6.20 Å². The number of rotatable bonds is 5. The number of nitrogens with one attached hydrogen (secondary N) is 2. The molecule has 21 heavy (non-hydrogen) atoms. The lowest BCUT2D eigenvalue weighted by Crippen LogP contribution is -2.40. The summed E-state index contributed by atoms with van der Waals surface area (Å²) in [5.74, 6) is 0.654. The molecule has 0 saturated carbocycles. The molecular formula is C15H24N4O2. The molecular weight excluding hydrogens is 268 g/mol. The zero-order chi connectivity index (χ0) is 15.5. The molecule has 1 atom stereocenters. The summed E-state index contributed by atoms with van der Waals surface area (Å²) in [4.78, 5) is 21.1. The molecule has 0 aliphatic carbocycles. The van der Waals surface area contributed by atoms with Gasteiger partial charge in [0.25, 0.3) is 5.91 Å². The summed E-state index contributed by atoms with van der Waals surface area (Å²) in [6.45, 7) is 7.29. The Bertz CT molecular complexity index is 510. The number of nitrogens with zero attached hydrogens (tertiary/aromatic N) is 2. The van der Waals surface area contributed by atoms with Crippen LogP contribution in [-0.2, 0) is 4.74 Å². The smallest absolute Gasteiger partial charge is 0.272 e. The number of ether oxygens (including phenoxy) is 1. The van der Waals surface area contributed by atoms with Gasteiger partial charge in [-0.25, -0.2) is 9.97 Å². The Morgan fingerprint density at radius 1 is 1.52 bits per heavy atom. The monoisotopic (exact) mass is 292 g/mol. The van der Waals surface area contributed by atoms with Crippen LogP contribution in [0, 0.1) is 0 Å². The van der Waals surface area contributed by atoms with E-state index in [9.17, 15) is 4.79 Å². The molecule has 6 nitrogen and oxygen atoms in total. The number of carbonyl (C=O) groups is 1. The number of amides is 1. The molecule has 0 bridgehead atoms. The Balaban J connectivity index is 2.11. The Hall–Kier alpha value is -1.69. The van der Waals surface area contributed by atoms with Crippen LogP contribution in [0.25, 0.3) is 0 Å². The maximum atomic E-state index is 12.4. The van der Waals surface area contributed by atoms with Crippen LogP contribution in [0.3, 0.4) is 0 Å². The van der Waals surface area contributed by atoms with Gasteiger partial charge in [-0.05, 0) is 19.8 Å². The molecule has 1 aromatic heterocycles. The van der Waals surface area contributed by atoms with Gasteiger partial charge < -0.3 is 15.4 Å². The minimum absolute atomic E-state index is 0.179. The number of hydrogen-bond donors (Lipinski definition) is 2. The van der Waals surface area contributed by atoms with E-state index in [1.165, 1.54) is 0 Å². The molecule has 2 N–H and O–H groups in total. The first-order valence-corrected chi connectivity index (χ1v) is 7.42. The molecule has 116 valence electrons. The van der Waals surface area contributed by atoms with Crippen molar-refractivity contribution in [1.82, 2.24) is 15.3 Å². The molecule has 0 spiro atoms. The molecule has 1 unspecified atom stereocenters. The second kappa shape index (κ2) is 6.39. The van der Waals surface area contributed by atoms with E-state index < -0.39 is 0 Å². The molecule has 2 heterocycles. The fourth-order valence-corrected chi connectivity index (χ4v) is 2.36. The van der Waals surface area contributed by atoms with Crippen LogP contribution in [0.1, 0.15) is 55.8 Å². The average molecular weight is 292 g/mol. The summed E-state index contributed by atoms with van der Waals surface area (Å²) >= 11 is 0. The van der Waals surface area contributed by atoms with E-state index in [0.717, 1.165) is 19.4 Å². The van der Waals surface area contributed by atoms with Crippen LogP contribution in [0.4, 0.5) is 5.69 Å². The molecule has 0 aromatic carbocycles. The maximum Gasteiger partial charge on any atom is 0.272 e. The minimum atomic E-state index is -0.261. The van der Waals surface area contributed by atoms with Crippen molar-refractivity contribution >= 4 is 11.6 Å². The first-order chi connectivity index (χ1) is 9.95. The third-order valence-corrected chi connectivity index (χ3v) is 3.73.